The Kier molecular flexibility index (Phi) is 6.02. The van der Waals surface area contributed by atoms with Crippen molar-refractivity contribution in [1.82, 2.24) is 9.78 Å². The highest BCUT2D eigenvalue weighted by molar-refractivity contribution is 5.90. The molecule has 0 radical (unpaired) electrons. The fourth-order valence-electron chi connectivity index (χ4n) is 2.09. The van der Waals surface area contributed by atoms with Crippen LogP contribution in [0.3, 0.4) is 0 Å². The Bertz CT molecular complexity index is 398. The Morgan fingerprint density at radius 1 is 1.42 bits per heavy atom. The van der Waals surface area contributed by atoms with Crippen LogP contribution in [0.1, 0.15) is 46.6 Å². The molecule has 0 bridgehead atoms. The molecule has 1 atom stereocenters. The third kappa shape index (κ3) is 5.42. The minimum absolute atomic E-state index is 0.0133. The minimum Gasteiger partial charge on any atom is -0.330 e. The van der Waals surface area contributed by atoms with Gasteiger partial charge in [0, 0.05) is 18.7 Å². The highest BCUT2D eigenvalue weighted by Gasteiger charge is 2.14. The molecular formula is C14H26N4O. The maximum absolute atomic E-state index is 11.9. The van der Waals surface area contributed by atoms with Gasteiger partial charge in [-0.25, -0.2) is 0 Å². The zero-order chi connectivity index (χ0) is 14.4. The molecule has 1 amide bonds. The second kappa shape index (κ2) is 7.28. The van der Waals surface area contributed by atoms with Gasteiger partial charge in [-0.15, -0.1) is 0 Å². The van der Waals surface area contributed by atoms with E-state index in [4.69, 9.17) is 5.73 Å². The predicted molar refractivity (Wildman–Crippen MR) is 77.9 cm³/mol. The monoisotopic (exact) mass is 266 g/mol. The molecule has 1 heterocycles. The van der Waals surface area contributed by atoms with Crippen molar-refractivity contribution in [3.05, 3.63) is 12.4 Å². The van der Waals surface area contributed by atoms with Gasteiger partial charge in [-0.3, -0.25) is 9.48 Å². The Balaban J connectivity index is 2.49. The summed E-state index contributed by atoms with van der Waals surface area (Å²) in [6.07, 6.45) is 4.98. The number of anilines is 1. The molecule has 1 aromatic rings. The number of hydrogen-bond donors (Lipinski definition) is 2. The van der Waals surface area contributed by atoms with E-state index < -0.39 is 0 Å². The zero-order valence-corrected chi connectivity index (χ0v) is 12.4. The van der Waals surface area contributed by atoms with Crippen LogP contribution in [-0.2, 0) is 4.79 Å². The van der Waals surface area contributed by atoms with Gasteiger partial charge in [-0.1, -0.05) is 13.8 Å². The summed E-state index contributed by atoms with van der Waals surface area (Å²) in [5.41, 5.74) is 6.46. The summed E-state index contributed by atoms with van der Waals surface area (Å²) in [7, 11) is 0. The van der Waals surface area contributed by atoms with Crippen molar-refractivity contribution in [3.63, 3.8) is 0 Å². The van der Waals surface area contributed by atoms with Gasteiger partial charge >= 0.3 is 0 Å². The molecule has 1 rings (SSSR count). The van der Waals surface area contributed by atoms with Crippen molar-refractivity contribution in [2.24, 2.45) is 17.6 Å². The SMILES string of the molecule is CC(C)CC(CN)CC(=O)Nc1cnn(C(C)C)c1. The van der Waals surface area contributed by atoms with Crippen LogP contribution < -0.4 is 11.1 Å². The topological polar surface area (TPSA) is 72.9 Å². The third-order valence-corrected chi connectivity index (χ3v) is 3.03. The molecule has 19 heavy (non-hydrogen) atoms. The first-order valence-corrected chi connectivity index (χ1v) is 6.96. The normalized spacial score (nSPS) is 13.0. The number of rotatable bonds is 7. The fourth-order valence-corrected chi connectivity index (χ4v) is 2.09. The smallest absolute Gasteiger partial charge is 0.224 e. The molecule has 0 aliphatic rings. The van der Waals surface area contributed by atoms with Gasteiger partial charge in [0.05, 0.1) is 11.9 Å². The molecule has 0 aliphatic heterocycles. The Labute approximate surface area is 115 Å². The molecule has 0 aromatic carbocycles. The van der Waals surface area contributed by atoms with Crippen molar-refractivity contribution in [2.75, 3.05) is 11.9 Å². The van der Waals surface area contributed by atoms with Gasteiger partial charge in [-0.05, 0) is 38.6 Å². The van der Waals surface area contributed by atoms with E-state index in [2.05, 4.69) is 24.3 Å². The van der Waals surface area contributed by atoms with Crippen LogP contribution in [0.2, 0.25) is 0 Å². The van der Waals surface area contributed by atoms with E-state index in [1.54, 1.807) is 6.20 Å². The summed E-state index contributed by atoms with van der Waals surface area (Å²) in [5, 5.41) is 7.07. The van der Waals surface area contributed by atoms with Crippen molar-refractivity contribution < 1.29 is 4.79 Å². The second-order valence-electron chi connectivity index (χ2n) is 5.79. The zero-order valence-electron chi connectivity index (χ0n) is 12.4. The second-order valence-corrected chi connectivity index (χ2v) is 5.79. The number of nitrogens with one attached hydrogen (secondary N) is 1. The molecule has 0 spiro atoms. The molecule has 0 saturated heterocycles. The van der Waals surface area contributed by atoms with Gasteiger partial charge < -0.3 is 11.1 Å². The molecule has 3 N–H and O–H groups in total. The molecule has 0 saturated carbocycles. The van der Waals surface area contributed by atoms with Crippen LogP contribution in [-0.4, -0.2) is 22.2 Å². The first kappa shape index (κ1) is 15.7. The lowest BCUT2D eigenvalue weighted by molar-refractivity contribution is -0.117. The van der Waals surface area contributed by atoms with E-state index in [9.17, 15) is 4.79 Å². The van der Waals surface area contributed by atoms with Gasteiger partial charge in [0.15, 0.2) is 0 Å². The Hall–Kier alpha value is -1.36. The van der Waals surface area contributed by atoms with Crippen molar-refractivity contribution in [2.45, 2.75) is 46.6 Å². The Morgan fingerprint density at radius 2 is 2.11 bits per heavy atom. The summed E-state index contributed by atoms with van der Waals surface area (Å²) in [6.45, 7) is 8.94. The minimum atomic E-state index is 0.0133. The lowest BCUT2D eigenvalue weighted by Crippen LogP contribution is -2.23. The van der Waals surface area contributed by atoms with E-state index in [0.717, 1.165) is 12.1 Å². The lowest BCUT2D eigenvalue weighted by atomic mass is 9.94. The quantitative estimate of drug-likeness (QED) is 0.796. The summed E-state index contributed by atoms with van der Waals surface area (Å²) in [4.78, 5) is 11.9. The number of carbonyl (C=O) groups excluding carboxylic acids is 1. The largest absolute Gasteiger partial charge is 0.330 e. The molecule has 108 valence electrons. The molecule has 5 nitrogen and oxygen atoms in total. The van der Waals surface area contributed by atoms with Crippen LogP contribution in [0, 0.1) is 11.8 Å². The summed E-state index contributed by atoms with van der Waals surface area (Å²) in [5.74, 6) is 0.824. The molecule has 1 unspecified atom stereocenters. The van der Waals surface area contributed by atoms with Gasteiger partial charge in [0.25, 0.3) is 0 Å². The third-order valence-electron chi connectivity index (χ3n) is 3.03. The van der Waals surface area contributed by atoms with Crippen LogP contribution in [0.15, 0.2) is 12.4 Å². The highest BCUT2D eigenvalue weighted by Crippen LogP contribution is 2.16. The summed E-state index contributed by atoms with van der Waals surface area (Å²) in [6, 6.07) is 0.295. The molecule has 1 aromatic heterocycles. The van der Waals surface area contributed by atoms with Gasteiger partial charge in [0.1, 0.15) is 0 Å². The number of aromatic nitrogens is 2. The van der Waals surface area contributed by atoms with Gasteiger partial charge in [0.2, 0.25) is 5.91 Å². The van der Waals surface area contributed by atoms with E-state index in [0.29, 0.717) is 24.9 Å². The predicted octanol–water partition coefficient (Wildman–Crippen LogP) is 2.41. The van der Waals surface area contributed by atoms with Crippen LogP contribution in [0.5, 0.6) is 0 Å². The number of nitrogens with two attached hydrogens (primary N) is 1. The lowest BCUT2D eigenvalue weighted by Gasteiger charge is -2.16. The molecule has 5 heteroatoms. The van der Waals surface area contributed by atoms with E-state index in [-0.39, 0.29) is 11.8 Å². The van der Waals surface area contributed by atoms with E-state index in [1.165, 1.54) is 0 Å². The fraction of sp³-hybridized carbons (Fsp3) is 0.714. The summed E-state index contributed by atoms with van der Waals surface area (Å²) >= 11 is 0. The van der Waals surface area contributed by atoms with Crippen molar-refractivity contribution >= 4 is 11.6 Å². The first-order valence-electron chi connectivity index (χ1n) is 6.96. The number of amides is 1. The molecule has 0 aliphatic carbocycles. The average Bonchev–Trinajstić information content (AvgIpc) is 2.75. The summed E-state index contributed by atoms with van der Waals surface area (Å²) < 4.78 is 1.82. The van der Waals surface area contributed by atoms with Crippen LogP contribution >= 0.6 is 0 Å². The molecule has 0 fully saturated rings. The maximum atomic E-state index is 11.9. The van der Waals surface area contributed by atoms with Crippen molar-refractivity contribution in [1.29, 1.82) is 0 Å². The number of hydrogen-bond acceptors (Lipinski definition) is 3. The maximum Gasteiger partial charge on any atom is 0.224 e. The molecular weight excluding hydrogens is 240 g/mol. The van der Waals surface area contributed by atoms with E-state index >= 15 is 0 Å². The van der Waals surface area contributed by atoms with E-state index in [1.807, 2.05) is 24.7 Å². The number of carbonyl (C=O) groups is 1. The Morgan fingerprint density at radius 3 is 2.58 bits per heavy atom. The van der Waals surface area contributed by atoms with Crippen LogP contribution in [0.4, 0.5) is 5.69 Å². The average molecular weight is 266 g/mol. The van der Waals surface area contributed by atoms with Crippen LogP contribution in [0.25, 0.3) is 0 Å². The van der Waals surface area contributed by atoms with Crippen molar-refractivity contribution in [3.8, 4) is 0 Å². The van der Waals surface area contributed by atoms with Gasteiger partial charge in [-0.2, -0.15) is 5.10 Å². The highest BCUT2D eigenvalue weighted by atomic mass is 16.1. The number of nitrogens with zero attached hydrogens (tertiary/aromatic N) is 2. The standard InChI is InChI=1S/C14H26N4O/c1-10(2)5-12(7-15)6-14(19)17-13-8-16-18(9-13)11(3)4/h8-12H,5-7,15H2,1-4H3,(H,17,19). The first-order chi connectivity index (χ1) is 8.92.